The quantitative estimate of drug-likeness (QED) is 0.580. The molecule has 5 heteroatoms. The molecule has 0 aliphatic rings. The number of carbonyl (C=O) groups is 2. The van der Waals surface area contributed by atoms with Crippen molar-refractivity contribution in [3.05, 3.63) is 65.9 Å². The lowest BCUT2D eigenvalue weighted by Crippen LogP contribution is -2.14. The van der Waals surface area contributed by atoms with Crippen LogP contribution in [0, 0.1) is 0 Å². The van der Waals surface area contributed by atoms with Crippen LogP contribution in [0.5, 0.6) is 5.75 Å². The number of nitrogens with one attached hydrogen (secondary N) is 1. The number of carbonyl (C=O) groups excluding carboxylic acids is 2. The van der Waals surface area contributed by atoms with Crippen LogP contribution in [0.15, 0.2) is 54.7 Å². The zero-order valence-electron chi connectivity index (χ0n) is 12.5. The summed E-state index contributed by atoms with van der Waals surface area (Å²) >= 11 is 0. The van der Waals surface area contributed by atoms with E-state index in [0.717, 1.165) is 10.9 Å². The lowest BCUT2D eigenvalue weighted by Gasteiger charge is -2.05. The third kappa shape index (κ3) is 3.08. The van der Waals surface area contributed by atoms with Crippen LogP contribution in [0.3, 0.4) is 0 Å². The average Bonchev–Trinajstić information content (AvgIpc) is 3.03. The van der Waals surface area contributed by atoms with E-state index in [4.69, 9.17) is 9.47 Å². The molecule has 0 spiro atoms. The highest BCUT2D eigenvalue weighted by atomic mass is 16.5. The van der Waals surface area contributed by atoms with E-state index in [9.17, 15) is 9.59 Å². The number of methoxy groups -OCH3 is 1. The van der Waals surface area contributed by atoms with Gasteiger partial charge in [0.15, 0.2) is 12.4 Å². The van der Waals surface area contributed by atoms with E-state index in [2.05, 4.69) is 4.98 Å². The van der Waals surface area contributed by atoms with Crippen LogP contribution in [-0.4, -0.2) is 30.5 Å². The number of hydrogen-bond acceptors (Lipinski definition) is 4. The molecule has 3 aromatic rings. The highest BCUT2D eigenvalue weighted by molar-refractivity contribution is 6.05. The third-order valence-electron chi connectivity index (χ3n) is 3.54. The minimum Gasteiger partial charge on any atom is -0.497 e. The van der Waals surface area contributed by atoms with Gasteiger partial charge in [0.1, 0.15) is 5.75 Å². The molecule has 5 nitrogen and oxygen atoms in total. The number of Topliss-reactive ketones (excluding diaryl/α,β-unsaturated/α-hetero) is 1. The van der Waals surface area contributed by atoms with Crippen LogP contribution in [0.25, 0.3) is 10.9 Å². The summed E-state index contributed by atoms with van der Waals surface area (Å²) in [6.45, 7) is -0.314. The van der Waals surface area contributed by atoms with Crippen molar-refractivity contribution in [2.75, 3.05) is 13.7 Å². The Morgan fingerprint density at radius 3 is 2.74 bits per heavy atom. The molecule has 116 valence electrons. The Hall–Kier alpha value is -3.08. The van der Waals surface area contributed by atoms with Crippen LogP contribution in [0.4, 0.5) is 0 Å². The first-order valence-corrected chi connectivity index (χ1v) is 7.09. The van der Waals surface area contributed by atoms with Crippen LogP contribution in [0.2, 0.25) is 0 Å². The molecule has 0 amide bonds. The first kappa shape index (κ1) is 14.8. The Morgan fingerprint density at radius 1 is 1.09 bits per heavy atom. The number of fused-ring (bicyclic) bond motifs is 1. The van der Waals surface area contributed by atoms with E-state index in [0.29, 0.717) is 16.9 Å². The Morgan fingerprint density at radius 2 is 1.91 bits per heavy atom. The number of hydrogen-bond donors (Lipinski definition) is 1. The normalized spacial score (nSPS) is 10.5. The van der Waals surface area contributed by atoms with E-state index in [1.54, 1.807) is 30.5 Å². The molecular weight excluding hydrogens is 294 g/mol. The number of esters is 1. The van der Waals surface area contributed by atoms with Gasteiger partial charge in [-0.05, 0) is 18.2 Å². The number of rotatable bonds is 5. The molecule has 1 N–H and O–H groups in total. The van der Waals surface area contributed by atoms with E-state index in [-0.39, 0.29) is 12.4 Å². The van der Waals surface area contributed by atoms with Gasteiger partial charge in [0.25, 0.3) is 0 Å². The number of H-pyrrole nitrogens is 1. The molecular formula is C18H15NO4. The Labute approximate surface area is 132 Å². The molecule has 1 heterocycles. The zero-order valence-corrected chi connectivity index (χ0v) is 12.5. The van der Waals surface area contributed by atoms with Gasteiger partial charge in [-0.2, -0.15) is 0 Å². The molecule has 0 saturated heterocycles. The molecule has 3 rings (SSSR count). The highest BCUT2D eigenvalue weighted by Crippen LogP contribution is 2.19. The fraction of sp³-hybridized carbons (Fsp3) is 0.111. The van der Waals surface area contributed by atoms with Gasteiger partial charge in [0.2, 0.25) is 0 Å². The smallest absolute Gasteiger partial charge is 0.340 e. The van der Waals surface area contributed by atoms with Gasteiger partial charge in [0, 0.05) is 22.7 Å². The summed E-state index contributed by atoms with van der Waals surface area (Å²) in [6, 6.07) is 14.1. The Kier molecular flexibility index (Phi) is 4.10. The first-order valence-electron chi connectivity index (χ1n) is 7.09. The van der Waals surface area contributed by atoms with Crippen LogP contribution >= 0.6 is 0 Å². The maximum atomic E-state index is 12.2. The molecule has 0 unspecified atom stereocenters. The van der Waals surface area contributed by atoms with Crippen molar-refractivity contribution in [1.82, 2.24) is 4.98 Å². The van der Waals surface area contributed by atoms with Crippen LogP contribution < -0.4 is 4.74 Å². The minimum absolute atomic E-state index is 0.280. The van der Waals surface area contributed by atoms with Crippen molar-refractivity contribution in [3.63, 3.8) is 0 Å². The van der Waals surface area contributed by atoms with Gasteiger partial charge in [-0.15, -0.1) is 0 Å². The summed E-state index contributed by atoms with van der Waals surface area (Å²) in [5.74, 6) is -0.227. The number of para-hydroxylation sites is 1. The predicted molar refractivity (Wildman–Crippen MR) is 85.9 cm³/mol. The largest absolute Gasteiger partial charge is 0.497 e. The van der Waals surface area contributed by atoms with Gasteiger partial charge in [0.05, 0.1) is 12.7 Å². The van der Waals surface area contributed by atoms with Crippen molar-refractivity contribution in [1.29, 1.82) is 0 Å². The number of aromatic amines is 1. The molecule has 0 bridgehead atoms. The summed E-state index contributed by atoms with van der Waals surface area (Å²) in [7, 11) is 1.53. The van der Waals surface area contributed by atoms with Crippen molar-refractivity contribution in [2.45, 2.75) is 0 Å². The Balaban J connectivity index is 1.70. The summed E-state index contributed by atoms with van der Waals surface area (Å²) in [4.78, 5) is 27.3. The van der Waals surface area contributed by atoms with Gasteiger partial charge >= 0.3 is 5.97 Å². The monoisotopic (exact) mass is 309 g/mol. The molecule has 0 atom stereocenters. The highest BCUT2D eigenvalue weighted by Gasteiger charge is 2.15. The van der Waals surface area contributed by atoms with Gasteiger partial charge < -0.3 is 14.5 Å². The van der Waals surface area contributed by atoms with Gasteiger partial charge in [-0.3, -0.25) is 4.79 Å². The molecule has 0 fully saturated rings. The molecule has 0 saturated carbocycles. The molecule has 1 aromatic heterocycles. The van der Waals surface area contributed by atoms with E-state index < -0.39 is 5.97 Å². The topological polar surface area (TPSA) is 68.4 Å². The summed E-state index contributed by atoms with van der Waals surface area (Å²) in [5.41, 5.74) is 1.70. The summed E-state index contributed by atoms with van der Waals surface area (Å²) in [6.07, 6.45) is 1.59. The van der Waals surface area contributed by atoms with E-state index >= 15 is 0 Å². The van der Waals surface area contributed by atoms with Crippen molar-refractivity contribution < 1.29 is 19.1 Å². The third-order valence-corrected chi connectivity index (χ3v) is 3.54. The molecule has 0 aliphatic heterocycles. The fourth-order valence-corrected chi connectivity index (χ4v) is 2.33. The SMILES string of the molecule is COc1cccc(C(=O)COC(=O)c2c[nH]c3ccccc23)c1. The van der Waals surface area contributed by atoms with Crippen molar-refractivity contribution in [3.8, 4) is 5.75 Å². The van der Waals surface area contributed by atoms with Crippen molar-refractivity contribution in [2.24, 2.45) is 0 Å². The predicted octanol–water partition coefficient (Wildman–Crippen LogP) is 3.22. The summed E-state index contributed by atoms with van der Waals surface area (Å²) in [5, 5.41) is 0.770. The number of benzene rings is 2. The molecule has 0 radical (unpaired) electrons. The number of ether oxygens (including phenoxy) is 2. The van der Waals surface area contributed by atoms with Crippen LogP contribution in [0.1, 0.15) is 20.7 Å². The van der Waals surface area contributed by atoms with Crippen molar-refractivity contribution >= 4 is 22.7 Å². The first-order chi connectivity index (χ1) is 11.2. The molecule has 23 heavy (non-hydrogen) atoms. The summed E-state index contributed by atoms with van der Waals surface area (Å²) < 4.78 is 10.2. The minimum atomic E-state index is -0.529. The van der Waals surface area contributed by atoms with E-state index in [1.807, 2.05) is 24.3 Å². The van der Waals surface area contributed by atoms with Gasteiger partial charge in [-0.25, -0.2) is 4.79 Å². The molecule has 0 aliphatic carbocycles. The van der Waals surface area contributed by atoms with Gasteiger partial charge in [-0.1, -0.05) is 30.3 Å². The maximum absolute atomic E-state index is 12.2. The lowest BCUT2D eigenvalue weighted by atomic mass is 10.1. The zero-order chi connectivity index (χ0) is 16.2. The average molecular weight is 309 g/mol. The fourth-order valence-electron chi connectivity index (χ4n) is 2.33. The second kappa shape index (κ2) is 6.36. The number of ketones is 1. The molecule has 2 aromatic carbocycles. The van der Waals surface area contributed by atoms with Crippen LogP contribution in [-0.2, 0) is 4.74 Å². The standard InChI is InChI=1S/C18H15NO4/c1-22-13-6-4-5-12(9-13)17(20)11-23-18(21)15-10-19-16-8-3-2-7-14(15)16/h2-10,19H,11H2,1H3. The second-order valence-corrected chi connectivity index (χ2v) is 4.98. The lowest BCUT2D eigenvalue weighted by molar-refractivity contribution is 0.0476. The maximum Gasteiger partial charge on any atom is 0.340 e. The second-order valence-electron chi connectivity index (χ2n) is 4.98. The van der Waals surface area contributed by atoms with E-state index in [1.165, 1.54) is 7.11 Å². The Bertz CT molecular complexity index is 866. The number of aromatic nitrogens is 1.